The van der Waals surface area contributed by atoms with Gasteiger partial charge in [-0.25, -0.2) is 9.59 Å². The van der Waals surface area contributed by atoms with Gasteiger partial charge in [0.2, 0.25) is 10.9 Å². The molecule has 10 heterocycles. The van der Waals surface area contributed by atoms with E-state index in [1.807, 2.05) is 100 Å². The number of carbonyl (C=O) groups excluding carboxylic acids is 2. The first-order valence-electron chi connectivity index (χ1n) is 29.0. The number of morpholine rings is 4. The minimum absolute atomic E-state index is 0.0171. The van der Waals surface area contributed by atoms with E-state index < -0.39 is 14.0 Å². The van der Waals surface area contributed by atoms with Gasteiger partial charge in [0.1, 0.15) is 22.6 Å². The second kappa shape index (κ2) is 29.6. The fraction of sp³-hybridized carbons (Fsp3) is 0.533. The lowest BCUT2D eigenvalue weighted by atomic mass is 9.49. The zero-order chi connectivity index (χ0) is 61.2. The summed E-state index contributed by atoms with van der Waals surface area (Å²) in [4.78, 5) is 57.3. The van der Waals surface area contributed by atoms with Gasteiger partial charge in [-0.3, -0.25) is 19.4 Å². The van der Waals surface area contributed by atoms with Gasteiger partial charge in [0.25, 0.3) is 0 Å². The van der Waals surface area contributed by atoms with Crippen molar-refractivity contribution in [3.05, 3.63) is 111 Å². The summed E-state index contributed by atoms with van der Waals surface area (Å²) in [7, 11) is -0.952. The van der Waals surface area contributed by atoms with Crippen LogP contribution in [0.15, 0.2) is 94.3 Å². The third-order valence-corrected chi connectivity index (χ3v) is 19.8. The Morgan fingerprint density at radius 1 is 0.535 bits per heavy atom. The van der Waals surface area contributed by atoms with Crippen molar-refractivity contribution in [2.24, 2.45) is 0 Å². The van der Waals surface area contributed by atoms with Gasteiger partial charge in [0.05, 0.1) is 90.9 Å². The Balaban J connectivity index is 0.000000144. The number of hydrogen-bond donors (Lipinski definition) is 0. The zero-order valence-electron chi connectivity index (χ0n) is 50.1. The SMILES string of the molecule is CC1(C)OB(B2OC(C)(C)C(C)(C)O2)OC1(C)C.O=C(OCCN1CCOCC1)c1ccc(-c2csc3c(=O)cc(N4CCOCC4)oc23)cc1.O=C(OCCN1CCOCC1)c1ccc(I)cc1.O=c1cc(N2CCOCC2)oc2c(Br)csc12. The Morgan fingerprint density at radius 3 is 1.31 bits per heavy atom. The van der Waals surface area contributed by atoms with Gasteiger partial charge in [0.15, 0.2) is 22.9 Å². The van der Waals surface area contributed by atoms with Crippen molar-refractivity contribution in [1.82, 2.24) is 9.80 Å². The Labute approximate surface area is 532 Å². The number of halogens is 2. The van der Waals surface area contributed by atoms with E-state index in [4.69, 9.17) is 55.9 Å². The van der Waals surface area contributed by atoms with Crippen LogP contribution in [0.1, 0.15) is 76.1 Å². The molecule has 464 valence electrons. The van der Waals surface area contributed by atoms with Crippen molar-refractivity contribution in [3.8, 4) is 11.1 Å². The van der Waals surface area contributed by atoms with Crippen molar-refractivity contribution >= 4 is 119 Å². The average molecular weight is 1400 g/mol. The standard InChI is InChI=1S/C24H26N2O6S.C13H16INO3.C12H24B2O4.C11H10BrNO3S/c27-20-15-21(26-8-12-30-13-9-26)32-22-19(16-33-23(20)22)17-1-3-18(4-2-17)24(28)31-14-7-25-5-10-29-11-6-25;14-12-3-1-11(2-4-12)13(16)18-10-7-15-5-8-17-9-6-15;1-9(2)10(3,4)16-13(15-9)14-17-11(5,6)12(7,8)18-14;12-7-6-17-11-8(14)5-9(16-10(7)11)13-1-3-15-4-2-13/h1-4,15-16H,5-14H2;1-4H,5-10H2;1-8H3;5-6H,1-4H2. The predicted molar refractivity (Wildman–Crippen MR) is 346 cm³/mol. The van der Waals surface area contributed by atoms with Gasteiger partial charge in [0, 0.05) is 97.5 Å². The maximum Gasteiger partial charge on any atom is 0.488 e. The summed E-state index contributed by atoms with van der Waals surface area (Å²) >= 11 is 8.37. The molecule has 0 unspecified atom stereocenters. The summed E-state index contributed by atoms with van der Waals surface area (Å²) in [5.74, 6) is 0.603. The van der Waals surface area contributed by atoms with Gasteiger partial charge in [-0.15, -0.1) is 22.7 Å². The van der Waals surface area contributed by atoms with Crippen LogP contribution < -0.4 is 20.7 Å². The minimum Gasteiger partial charge on any atom is -0.461 e. The zero-order valence-corrected chi connectivity index (χ0v) is 55.5. The van der Waals surface area contributed by atoms with Crippen LogP contribution in [0.4, 0.5) is 11.8 Å². The fourth-order valence-electron chi connectivity index (χ4n) is 9.63. The number of hydrogen-bond acceptors (Lipinski definition) is 22. The number of fused-ring (bicyclic) bond motifs is 2. The summed E-state index contributed by atoms with van der Waals surface area (Å²) < 4.78 is 71.0. The number of rotatable bonds is 12. The van der Waals surface area contributed by atoms with Crippen LogP contribution in [0, 0.1) is 3.57 Å². The molecule has 26 heteroatoms. The molecule has 6 fully saturated rings. The summed E-state index contributed by atoms with van der Waals surface area (Å²) in [6, 6.07) is 17.7. The molecule has 2 aromatic carbocycles. The van der Waals surface area contributed by atoms with Crippen molar-refractivity contribution in [3.63, 3.8) is 0 Å². The smallest absolute Gasteiger partial charge is 0.461 e. The first-order valence-corrected chi connectivity index (χ1v) is 32.6. The molecule has 6 aliphatic rings. The topological polar surface area (TPSA) is 200 Å². The van der Waals surface area contributed by atoms with Crippen molar-refractivity contribution in [2.45, 2.75) is 77.8 Å². The molecule has 0 amide bonds. The van der Waals surface area contributed by atoms with Crippen molar-refractivity contribution in [2.75, 3.05) is 141 Å². The Hall–Kier alpha value is -4.26. The highest BCUT2D eigenvalue weighted by atomic mass is 127. The van der Waals surface area contributed by atoms with E-state index in [1.54, 1.807) is 36.4 Å². The Bertz CT molecular complexity index is 3270. The van der Waals surface area contributed by atoms with Gasteiger partial charge in [-0.2, -0.15) is 0 Å². The molecule has 12 rings (SSSR count). The molecule has 0 saturated carbocycles. The second-order valence-corrected chi connectivity index (χ2v) is 27.0. The lowest BCUT2D eigenvalue weighted by molar-refractivity contribution is 0.00578. The summed E-state index contributed by atoms with van der Waals surface area (Å²) in [5.41, 5.74) is 2.58. The van der Waals surface area contributed by atoms with E-state index in [0.29, 0.717) is 103 Å². The molecule has 6 aliphatic heterocycles. The first-order chi connectivity index (χ1) is 41.1. The predicted octanol–water partition coefficient (Wildman–Crippen LogP) is 9.33. The molecule has 0 spiro atoms. The largest absolute Gasteiger partial charge is 0.488 e. The quantitative estimate of drug-likeness (QED) is 0.0637. The first kappa shape index (κ1) is 66.2. The molecule has 6 aromatic rings. The number of carbonyl (C=O) groups is 2. The van der Waals surface area contributed by atoms with Gasteiger partial charge in [-0.1, -0.05) is 12.1 Å². The molecule has 0 bridgehead atoms. The van der Waals surface area contributed by atoms with E-state index in [0.717, 1.165) is 91.4 Å². The van der Waals surface area contributed by atoms with E-state index >= 15 is 0 Å². The number of ether oxygens (including phenoxy) is 6. The van der Waals surface area contributed by atoms with Crippen LogP contribution >= 0.6 is 61.2 Å². The maximum atomic E-state index is 12.7. The van der Waals surface area contributed by atoms with Crippen LogP contribution in [0.2, 0.25) is 0 Å². The normalized spacial score (nSPS) is 20.1. The van der Waals surface area contributed by atoms with Crippen LogP contribution in [-0.4, -0.2) is 190 Å². The molecule has 0 N–H and O–H groups in total. The highest BCUT2D eigenvalue weighted by Gasteiger charge is 2.63. The molecule has 6 saturated heterocycles. The van der Waals surface area contributed by atoms with E-state index in [1.165, 1.54) is 22.7 Å². The van der Waals surface area contributed by atoms with Crippen LogP contribution in [0.25, 0.3) is 31.7 Å². The minimum atomic E-state index is -0.476. The monoisotopic (exact) mass is 1400 g/mol. The van der Waals surface area contributed by atoms with Crippen LogP contribution in [0.5, 0.6) is 0 Å². The number of anilines is 2. The van der Waals surface area contributed by atoms with Crippen LogP contribution in [0.3, 0.4) is 0 Å². The maximum absolute atomic E-state index is 12.7. The third kappa shape index (κ3) is 16.8. The highest BCUT2D eigenvalue weighted by Crippen LogP contribution is 2.43. The average Bonchev–Trinajstić information content (AvgIpc) is 1.87. The molecular weight excluding hydrogens is 1330 g/mol. The molecular formula is C60H76B2BrIN4O16S2. The summed E-state index contributed by atoms with van der Waals surface area (Å²) in [5, 5.41) is 3.80. The molecule has 0 atom stereocenters. The second-order valence-electron chi connectivity index (χ2n) is 23.2. The third-order valence-electron chi connectivity index (χ3n) is 16.2. The highest BCUT2D eigenvalue weighted by molar-refractivity contribution is 14.1. The summed E-state index contributed by atoms with van der Waals surface area (Å²) in [6.45, 7) is 30.5. The number of thiophene rings is 2. The van der Waals surface area contributed by atoms with Crippen LogP contribution in [-0.2, 0) is 47.0 Å². The van der Waals surface area contributed by atoms with Crippen molar-refractivity contribution in [1.29, 1.82) is 0 Å². The van der Waals surface area contributed by atoms with E-state index in [2.05, 4.69) is 48.3 Å². The molecule has 4 aromatic heterocycles. The number of esters is 2. The van der Waals surface area contributed by atoms with E-state index in [9.17, 15) is 19.2 Å². The summed E-state index contributed by atoms with van der Waals surface area (Å²) in [6.07, 6.45) is 0. The van der Waals surface area contributed by atoms with Gasteiger partial charge < -0.3 is 65.7 Å². The molecule has 0 aliphatic carbocycles. The van der Waals surface area contributed by atoms with Gasteiger partial charge >= 0.3 is 26.0 Å². The van der Waals surface area contributed by atoms with E-state index in [-0.39, 0.29) is 45.2 Å². The van der Waals surface area contributed by atoms with Gasteiger partial charge in [-0.05, 0) is 136 Å². The number of nitrogens with zero attached hydrogens (tertiary/aromatic N) is 4. The Morgan fingerprint density at radius 2 is 0.895 bits per heavy atom. The number of benzene rings is 2. The molecule has 0 radical (unpaired) electrons. The molecule has 86 heavy (non-hydrogen) atoms. The fourth-order valence-corrected chi connectivity index (χ4v) is 12.4. The molecule has 20 nitrogen and oxygen atoms in total. The lowest BCUT2D eigenvalue weighted by Gasteiger charge is -2.32. The van der Waals surface area contributed by atoms with Crippen molar-refractivity contribution < 1.29 is 65.5 Å². The Kier molecular flexibility index (Phi) is 22.8. The lowest BCUT2D eigenvalue weighted by Crippen LogP contribution is -2.41.